The second-order valence-electron chi connectivity index (χ2n) is 6.37. The van der Waals surface area contributed by atoms with Crippen LogP contribution in [0.1, 0.15) is 25.1 Å². The highest BCUT2D eigenvalue weighted by Gasteiger charge is 2.23. The summed E-state index contributed by atoms with van der Waals surface area (Å²) in [6.45, 7) is 0. The highest BCUT2D eigenvalue weighted by Crippen LogP contribution is 2.22. The van der Waals surface area contributed by atoms with E-state index >= 15 is 0 Å². The first kappa shape index (κ1) is 16.9. The van der Waals surface area contributed by atoms with E-state index in [1.54, 1.807) is 18.2 Å². The first-order valence-corrected chi connectivity index (χ1v) is 9.40. The van der Waals surface area contributed by atoms with Crippen LogP contribution in [-0.4, -0.2) is 48.3 Å². The van der Waals surface area contributed by atoms with Gasteiger partial charge in [0.2, 0.25) is 15.9 Å². The molecule has 7 nitrogen and oxygen atoms in total. The zero-order chi connectivity index (χ0) is 17.5. The third kappa shape index (κ3) is 3.29. The minimum atomic E-state index is -3.48. The van der Waals surface area contributed by atoms with E-state index in [4.69, 9.17) is 0 Å². The average Bonchev–Trinajstić information content (AvgIpc) is 3.28. The van der Waals surface area contributed by atoms with Gasteiger partial charge in [0.15, 0.2) is 0 Å². The molecule has 0 radical (unpaired) electrons. The molecule has 1 aromatic carbocycles. The molecular weight excluding hydrogens is 328 g/mol. The lowest BCUT2D eigenvalue weighted by Crippen LogP contribution is -2.25. The van der Waals surface area contributed by atoms with Crippen LogP contribution in [0, 0.1) is 0 Å². The minimum absolute atomic E-state index is 0.0421. The van der Waals surface area contributed by atoms with Crippen LogP contribution in [0.5, 0.6) is 0 Å². The summed E-state index contributed by atoms with van der Waals surface area (Å²) in [7, 11) is 1.40. The van der Waals surface area contributed by atoms with Gasteiger partial charge in [-0.25, -0.2) is 17.7 Å². The summed E-state index contributed by atoms with van der Waals surface area (Å²) in [5, 5.41) is 2.96. The van der Waals surface area contributed by atoms with Crippen molar-refractivity contribution in [1.29, 1.82) is 0 Å². The van der Waals surface area contributed by atoms with E-state index in [-0.39, 0.29) is 10.8 Å². The molecule has 1 aliphatic carbocycles. The predicted molar refractivity (Wildman–Crippen MR) is 91.1 cm³/mol. The fourth-order valence-electron chi connectivity index (χ4n) is 2.58. The van der Waals surface area contributed by atoms with Crippen LogP contribution in [0.2, 0.25) is 0 Å². The molecule has 0 atom stereocenters. The second-order valence-corrected chi connectivity index (χ2v) is 8.52. The smallest absolute Gasteiger partial charge is 0.242 e. The first-order valence-electron chi connectivity index (χ1n) is 7.96. The van der Waals surface area contributed by atoms with Gasteiger partial charge in [-0.3, -0.25) is 4.79 Å². The molecule has 0 unspecified atom stereocenters. The monoisotopic (exact) mass is 350 g/mol. The van der Waals surface area contributed by atoms with Gasteiger partial charge in [-0.15, -0.1) is 0 Å². The van der Waals surface area contributed by atoms with Gasteiger partial charge in [0, 0.05) is 40.0 Å². The summed E-state index contributed by atoms with van der Waals surface area (Å²) in [4.78, 5) is 16.6. The number of benzene rings is 1. The summed E-state index contributed by atoms with van der Waals surface area (Å²) in [6, 6.07) is 5.28. The number of aryl methyl sites for hydroxylation is 2. The number of carbonyl (C=O) groups excluding carboxylic acids is 1. The molecule has 1 amide bonds. The summed E-state index contributed by atoms with van der Waals surface area (Å²) < 4.78 is 27.5. The number of rotatable bonds is 6. The average molecular weight is 350 g/mol. The van der Waals surface area contributed by atoms with Crippen LogP contribution < -0.4 is 5.32 Å². The van der Waals surface area contributed by atoms with Crippen molar-refractivity contribution in [1.82, 2.24) is 19.2 Å². The third-order valence-corrected chi connectivity index (χ3v) is 6.05. The van der Waals surface area contributed by atoms with Crippen LogP contribution in [0.4, 0.5) is 0 Å². The lowest BCUT2D eigenvalue weighted by atomic mass is 10.3. The first-order chi connectivity index (χ1) is 11.3. The molecule has 0 saturated heterocycles. The van der Waals surface area contributed by atoms with Crippen molar-refractivity contribution in [2.45, 2.75) is 36.6 Å². The Hall–Kier alpha value is -1.93. The molecule has 1 N–H and O–H groups in total. The molecule has 24 heavy (non-hydrogen) atoms. The Morgan fingerprint density at radius 1 is 1.38 bits per heavy atom. The van der Waals surface area contributed by atoms with E-state index in [9.17, 15) is 13.2 Å². The van der Waals surface area contributed by atoms with Gasteiger partial charge in [0.05, 0.1) is 15.9 Å². The number of hydrogen-bond donors (Lipinski definition) is 1. The van der Waals surface area contributed by atoms with Crippen molar-refractivity contribution in [3.05, 3.63) is 24.0 Å². The molecule has 8 heteroatoms. The van der Waals surface area contributed by atoms with Crippen molar-refractivity contribution < 1.29 is 13.2 Å². The third-order valence-electron chi connectivity index (χ3n) is 4.24. The predicted octanol–water partition coefficient (Wildman–Crippen LogP) is 1.03. The fourth-order valence-corrected chi connectivity index (χ4v) is 3.50. The SMILES string of the molecule is CN(C)S(=O)(=O)c1ccc2c(c1)nc(CCC(=O)NC1CC1)n2C. The quantitative estimate of drug-likeness (QED) is 0.843. The number of nitrogens with zero attached hydrogens (tertiary/aromatic N) is 3. The number of nitrogens with one attached hydrogen (secondary N) is 1. The van der Waals surface area contributed by atoms with Crippen LogP contribution >= 0.6 is 0 Å². The Labute approximate surface area is 141 Å². The highest BCUT2D eigenvalue weighted by atomic mass is 32.2. The maximum absolute atomic E-state index is 12.2. The highest BCUT2D eigenvalue weighted by molar-refractivity contribution is 7.89. The number of hydrogen-bond acceptors (Lipinski definition) is 4. The number of sulfonamides is 1. The molecule has 3 rings (SSSR count). The summed E-state index contributed by atoms with van der Waals surface area (Å²) in [6.07, 6.45) is 3.05. The summed E-state index contributed by atoms with van der Waals surface area (Å²) in [5.41, 5.74) is 1.48. The van der Waals surface area contributed by atoms with E-state index < -0.39 is 10.0 Å². The van der Waals surface area contributed by atoms with Crippen molar-refractivity contribution in [2.24, 2.45) is 7.05 Å². The number of fused-ring (bicyclic) bond motifs is 1. The normalized spacial score (nSPS) is 15.2. The number of carbonyl (C=O) groups is 1. The Balaban J connectivity index is 1.82. The standard InChI is InChI=1S/C16H22N4O3S/c1-19(2)24(22,23)12-6-7-14-13(10-12)18-15(20(14)3)8-9-16(21)17-11-4-5-11/h6-7,10-11H,4-5,8-9H2,1-3H3,(H,17,21). The van der Waals surface area contributed by atoms with Gasteiger partial charge >= 0.3 is 0 Å². The van der Waals surface area contributed by atoms with Gasteiger partial charge in [0.25, 0.3) is 0 Å². The molecule has 0 aliphatic heterocycles. The van der Waals surface area contributed by atoms with Crippen LogP contribution in [-0.2, 0) is 28.3 Å². The fraction of sp³-hybridized carbons (Fsp3) is 0.500. The molecule has 0 spiro atoms. The largest absolute Gasteiger partial charge is 0.353 e. The number of amides is 1. The van der Waals surface area contributed by atoms with Crippen molar-refractivity contribution in [3.8, 4) is 0 Å². The topological polar surface area (TPSA) is 84.3 Å². The Bertz CT molecular complexity index is 882. The minimum Gasteiger partial charge on any atom is -0.353 e. The molecule has 1 fully saturated rings. The summed E-state index contributed by atoms with van der Waals surface area (Å²) in [5.74, 6) is 0.816. The Morgan fingerprint density at radius 2 is 2.08 bits per heavy atom. The molecule has 1 heterocycles. The van der Waals surface area contributed by atoms with E-state index in [1.165, 1.54) is 18.4 Å². The Kier molecular flexibility index (Phi) is 4.35. The lowest BCUT2D eigenvalue weighted by molar-refractivity contribution is -0.121. The van der Waals surface area contributed by atoms with Crippen molar-refractivity contribution in [3.63, 3.8) is 0 Å². The molecule has 1 aromatic heterocycles. The van der Waals surface area contributed by atoms with Crippen molar-refractivity contribution in [2.75, 3.05) is 14.1 Å². The van der Waals surface area contributed by atoms with Gasteiger partial charge in [-0.1, -0.05) is 0 Å². The van der Waals surface area contributed by atoms with E-state index in [1.807, 2.05) is 11.6 Å². The maximum Gasteiger partial charge on any atom is 0.242 e. The Morgan fingerprint density at radius 3 is 2.71 bits per heavy atom. The van der Waals surface area contributed by atoms with Crippen LogP contribution in [0.15, 0.2) is 23.1 Å². The van der Waals surface area contributed by atoms with Crippen molar-refractivity contribution >= 4 is 27.0 Å². The molecule has 1 saturated carbocycles. The van der Waals surface area contributed by atoms with Crippen LogP contribution in [0.25, 0.3) is 11.0 Å². The van der Waals surface area contributed by atoms with Gasteiger partial charge in [0.1, 0.15) is 5.82 Å². The van der Waals surface area contributed by atoms with Gasteiger partial charge in [-0.2, -0.15) is 0 Å². The molecule has 1 aliphatic rings. The molecule has 130 valence electrons. The van der Waals surface area contributed by atoms with Crippen LogP contribution in [0.3, 0.4) is 0 Å². The molecule has 2 aromatic rings. The van der Waals surface area contributed by atoms with Gasteiger partial charge < -0.3 is 9.88 Å². The number of aromatic nitrogens is 2. The second kappa shape index (κ2) is 6.18. The maximum atomic E-state index is 12.2. The molecule has 0 bridgehead atoms. The molecular formula is C16H22N4O3S. The van der Waals surface area contributed by atoms with E-state index in [0.29, 0.717) is 24.4 Å². The van der Waals surface area contributed by atoms with E-state index in [2.05, 4.69) is 10.3 Å². The zero-order valence-electron chi connectivity index (χ0n) is 14.1. The zero-order valence-corrected chi connectivity index (χ0v) is 14.9. The lowest BCUT2D eigenvalue weighted by Gasteiger charge is -2.10. The van der Waals surface area contributed by atoms with Gasteiger partial charge in [-0.05, 0) is 31.0 Å². The summed E-state index contributed by atoms with van der Waals surface area (Å²) >= 11 is 0. The van der Waals surface area contributed by atoms with E-state index in [0.717, 1.165) is 24.2 Å². The number of imidazole rings is 1.